The molecular formula is C24H22N4O3. The van der Waals surface area contributed by atoms with E-state index in [1.54, 1.807) is 59.4 Å². The van der Waals surface area contributed by atoms with E-state index in [-0.39, 0.29) is 34.9 Å². The highest BCUT2D eigenvalue weighted by Gasteiger charge is 2.37. The molecule has 2 amide bonds. The van der Waals surface area contributed by atoms with Crippen LogP contribution >= 0.6 is 0 Å². The Bertz CT molecular complexity index is 1190. The van der Waals surface area contributed by atoms with Crippen LogP contribution in [0.1, 0.15) is 38.7 Å². The summed E-state index contributed by atoms with van der Waals surface area (Å²) in [4.78, 5) is 44.4. The van der Waals surface area contributed by atoms with Gasteiger partial charge in [-0.1, -0.05) is 18.2 Å². The highest BCUT2D eigenvalue weighted by atomic mass is 16.2. The molecule has 2 aliphatic heterocycles. The third-order valence-electron chi connectivity index (χ3n) is 6.08. The van der Waals surface area contributed by atoms with Crippen LogP contribution in [-0.4, -0.2) is 39.4 Å². The predicted molar refractivity (Wildman–Crippen MR) is 116 cm³/mol. The molecule has 2 aliphatic rings. The number of pyridine rings is 2. The zero-order valence-electron chi connectivity index (χ0n) is 16.9. The molecule has 0 radical (unpaired) electrons. The van der Waals surface area contributed by atoms with Crippen LogP contribution in [0.15, 0.2) is 71.8 Å². The topological polar surface area (TPSA) is 84.3 Å². The molecule has 0 spiro atoms. The average Bonchev–Trinajstić information content (AvgIpc) is 2.81. The molecule has 1 saturated heterocycles. The van der Waals surface area contributed by atoms with E-state index < -0.39 is 0 Å². The number of anilines is 1. The van der Waals surface area contributed by atoms with Gasteiger partial charge in [0.05, 0.1) is 5.56 Å². The van der Waals surface area contributed by atoms with E-state index in [0.29, 0.717) is 30.8 Å². The van der Waals surface area contributed by atoms with E-state index >= 15 is 0 Å². The lowest BCUT2D eigenvalue weighted by molar-refractivity contribution is 0.0594. The minimum Gasteiger partial charge on any atom is -0.338 e. The molecule has 0 saturated carbocycles. The summed E-state index contributed by atoms with van der Waals surface area (Å²) in [6.07, 6.45) is 4.19. The molecule has 3 aromatic rings. The Morgan fingerprint density at radius 3 is 2.52 bits per heavy atom. The summed E-state index contributed by atoms with van der Waals surface area (Å²) in [6.45, 7) is 1.71. The van der Waals surface area contributed by atoms with Crippen LogP contribution in [0, 0.1) is 5.92 Å². The molecule has 1 fully saturated rings. The van der Waals surface area contributed by atoms with E-state index in [9.17, 15) is 14.4 Å². The van der Waals surface area contributed by atoms with Crippen molar-refractivity contribution in [1.29, 1.82) is 0 Å². The molecule has 1 N–H and O–H groups in total. The summed E-state index contributed by atoms with van der Waals surface area (Å²) >= 11 is 0. The number of benzene rings is 1. The smallest absolute Gasteiger partial charge is 0.274 e. The van der Waals surface area contributed by atoms with Crippen LogP contribution in [0.25, 0.3) is 0 Å². The molecule has 5 rings (SSSR count). The molecule has 156 valence electrons. The second-order valence-electron chi connectivity index (χ2n) is 8.16. The first-order valence-electron chi connectivity index (χ1n) is 10.4. The van der Waals surface area contributed by atoms with Gasteiger partial charge in [0.15, 0.2) is 0 Å². The number of nitrogens with zero attached hydrogens (tertiary/aromatic N) is 3. The fraction of sp³-hybridized carbons (Fsp3) is 0.250. The molecule has 2 bridgehead atoms. The Labute approximate surface area is 179 Å². The first-order chi connectivity index (χ1) is 15.1. The molecule has 0 aliphatic carbocycles. The molecule has 2 aromatic heterocycles. The molecule has 7 heteroatoms. The number of rotatable bonds is 3. The van der Waals surface area contributed by atoms with Gasteiger partial charge < -0.3 is 14.8 Å². The molecular weight excluding hydrogens is 392 g/mol. The Morgan fingerprint density at radius 1 is 0.935 bits per heavy atom. The number of likely N-dealkylation sites (tertiary alicyclic amines) is 1. The number of aromatic nitrogens is 2. The quantitative estimate of drug-likeness (QED) is 0.714. The summed E-state index contributed by atoms with van der Waals surface area (Å²) in [7, 11) is 0. The summed E-state index contributed by atoms with van der Waals surface area (Å²) in [5, 5.41) is 2.75. The van der Waals surface area contributed by atoms with Crippen molar-refractivity contribution < 1.29 is 9.59 Å². The van der Waals surface area contributed by atoms with E-state index in [4.69, 9.17) is 0 Å². The maximum atomic E-state index is 13.1. The summed E-state index contributed by atoms with van der Waals surface area (Å²) in [6, 6.07) is 16.0. The predicted octanol–water partition coefficient (Wildman–Crippen LogP) is 2.76. The van der Waals surface area contributed by atoms with Crippen LogP contribution in [0.5, 0.6) is 0 Å². The second kappa shape index (κ2) is 7.83. The number of carbonyl (C=O) groups excluding carboxylic acids is 2. The first-order valence-corrected chi connectivity index (χ1v) is 10.4. The third-order valence-corrected chi connectivity index (χ3v) is 6.08. The third kappa shape index (κ3) is 3.63. The lowest BCUT2D eigenvalue weighted by atomic mass is 9.83. The van der Waals surface area contributed by atoms with Gasteiger partial charge in [0, 0.05) is 49.2 Å². The average molecular weight is 414 g/mol. The number of piperidine rings is 1. The zero-order chi connectivity index (χ0) is 21.4. The van der Waals surface area contributed by atoms with Crippen LogP contribution in [0.4, 0.5) is 5.69 Å². The fourth-order valence-corrected chi connectivity index (χ4v) is 4.66. The minimum atomic E-state index is -0.303. The number of nitrogens with one attached hydrogen (secondary N) is 1. The van der Waals surface area contributed by atoms with E-state index in [2.05, 4.69) is 10.3 Å². The molecule has 31 heavy (non-hydrogen) atoms. The van der Waals surface area contributed by atoms with Gasteiger partial charge in [-0.05, 0) is 48.7 Å². The van der Waals surface area contributed by atoms with Gasteiger partial charge in [-0.2, -0.15) is 0 Å². The molecule has 4 heterocycles. The van der Waals surface area contributed by atoms with Crippen molar-refractivity contribution in [2.75, 3.05) is 18.4 Å². The Kier molecular flexibility index (Phi) is 4.86. The summed E-state index contributed by atoms with van der Waals surface area (Å²) in [5.41, 5.74) is 2.09. The van der Waals surface area contributed by atoms with Crippen LogP contribution < -0.4 is 10.9 Å². The number of carbonyl (C=O) groups is 2. The van der Waals surface area contributed by atoms with Gasteiger partial charge in [-0.3, -0.25) is 19.4 Å². The largest absolute Gasteiger partial charge is 0.338 e. The summed E-state index contributed by atoms with van der Waals surface area (Å²) in [5.74, 6) is -0.0304. The van der Waals surface area contributed by atoms with Crippen molar-refractivity contribution in [2.24, 2.45) is 5.92 Å². The zero-order valence-corrected chi connectivity index (χ0v) is 16.9. The highest BCUT2D eigenvalue weighted by Crippen LogP contribution is 2.36. The second-order valence-corrected chi connectivity index (χ2v) is 8.16. The van der Waals surface area contributed by atoms with Gasteiger partial charge in [-0.15, -0.1) is 0 Å². The molecule has 1 aromatic carbocycles. The maximum Gasteiger partial charge on any atom is 0.274 e. The van der Waals surface area contributed by atoms with Crippen molar-refractivity contribution in [2.45, 2.75) is 18.9 Å². The Balaban J connectivity index is 1.39. The van der Waals surface area contributed by atoms with Crippen molar-refractivity contribution in [1.82, 2.24) is 14.5 Å². The van der Waals surface area contributed by atoms with Crippen LogP contribution in [0.3, 0.4) is 0 Å². The van der Waals surface area contributed by atoms with Crippen LogP contribution in [0.2, 0.25) is 0 Å². The number of hydrogen-bond donors (Lipinski definition) is 1. The van der Waals surface area contributed by atoms with E-state index in [1.807, 2.05) is 17.0 Å². The van der Waals surface area contributed by atoms with Crippen molar-refractivity contribution in [3.8, 4) is 0 Å². The number of hydrogen-bond acceptors (Lipinski definition) is 4. The highest BCUT2D eigenvalue weighted by molar-refractivity contribution is 6.04. The standard InChI is InChI=1S/C24H22N4O3/c29-22(17-5-2-1-3-6-17)26-20-8-9-21-19-11-16(14-28(21)24(20)31)13-27(15-19)23(30)18-7-4-10-25-12-18/h1-10,12,16,19H,11,13-15H2,(H,26,29). The number of fused-ring (bicyclic) bond motifs is 4. The molecule has 7 nitrogen and oxygen atoms in total. The lowest BCUT2D eigenvalue weighted by Crippen LogP contribution is -2.49. The normalized spacial score (nSPS) is 19.4. The Morgan fingerprint density at radius 2 is 1.74 bits per heavy atom. The first kappa shape index (κ1) is 19.2. The van der Waals surface area contributed by atoms with Gasteiger partial charge in [0.25, 0.3) is 17.4 Å². The SMILES string of the molecule is O=C(Nc1ccc2n(c1=O)CC1CC2CN(C(=O)c2cccnc2)C1)c1ccccc1. The van der Waals surface area contributed by atoms with Gasteiger partial charge in [-0.25, -0.2) is 0 Å². The van der Waals surface area contributed by atoms with Crippen molar-refractivity contribution in [3.63, 3.8) is 0 Å². The minimum absolute atomic E-state index is 0.0228. The molecule has 2 unspecified atom stereocenters. The van der Waals surface area contributed by atoms with Gasteiger partial charge in [0.1, 0.15) is 5.69 Å². The van der Waals surface area contributed by atoms with Gasteiger partial charge >= 0.3 is 0 Å². The Hall–Kier alpha value is -3.74. The molecule has 2 atom stereocenters. The monoisotopic (exact) mass is 414 g/mol. The van der Waals surface area contributed by atoms with Gasteiger partial charge in [0.2, 0.25) is 0 Å². The number of amides is 2. The van der Waals surface area contributed by atoms with Crippen LogP contribution in [-0.2, 0) is 6.54 Å². The van der Waals surface area contributed by atoms with E-state index in [1.165, 1.54) is 0 Å². The van der Waals surface area contributed by atoms with Crippen molar-refractivity contribution >= 4 is 17.5 Å². The lowest BCUT2D eigenvalue weighted by Gasteiger charge is -2.42. The fourth-order valence-electron chi connectivity index (χ4n) is 4.66. The van der Waals surface area contributed by atoms with E-state index in [0.717, 1.165) is 12.1 Å². The maximum absolute atomic E-state index is 13.1. The van der Waals surface area contributed by atoms with Crippen molar-refractivity contribution in [3.05, 3.63) is 94.2 Å². The summed E-state index contributed by atoms with van der Waals surface area (Å²) < 4.78 is 1.77.